The standard InChI is InChI=1S/C22H20F2N4O/c1-29-22-20-17(13-9-11(23)3-5-15(13)27-20)19(26-8-2-7-25)18-14-10-12(24)4-6-16(14)28-21(18)22/h3,5-6,9-10,26-27H,2,4,7-8,25H2,1H3. The number of halogens is 2. The monoisotopic (exact) mass is 394 g/mol. The van der Waals surface area contributed by atoms with Crippen LogP contribution in [0.2, 0.25) is 0 Å². The lowest BCUT2D eigenvalue weighted by Crippen LogP contribution is -2.30. The van der Waals surface area contributed by atoms with Crippen molar-refractivity contribution < 1.29 is 13.5 Å². The molecule has 5 nitrogen and oxygen atoms in total. The predicted molar refractivity (Wildman–Crippen MR) is 111 cm³/mol. The lowest BCUT2D eigenvalue weighted by molar-refractivity contribution is 0.413. The number of aromatic amines is 1. The molecule has 0 saturated carbocycles. The second-order valence-corrected chi connectivity index (χ2v) is 7.18. The Labute approximate surface area is 165 Å². The van der Waals surface area contributed by atoms with Crippen LogP contribution in [0.1, 0.15) is 12.8 Å². The van der Waals surface area contributed by atoms with E-state index in [2.05, 4.69) is 10.3 Å². The summed E-state index contributed by atoms with van der Waals surface area (Å²) in [5.41, 5.74) is 9.42. The molecule has 4 N–H and O–H groups in total. The average molecular weight is 394 g/mol. The van der Waals surface area contributed by atoms with Gasteiger partial charge in [-0.25, -0.2) is 13.8 Å². The minimum Gasteiger partial charge on any atom is -0.492 e. The van der Waals surface area contributed by atoms with Crippen molar-refractivity contribution in [2.75, 3.05) is 25.5 Å². The summed E-state index contributed by atoms with van der Waals surface area (Å²) in [7, 11) is 1.58. The van der Waals surface area contributed by atoms with Crippen LogP contribution in [0.25, 0.3) is 27.4 Å². The highest BCUT2D eigenvalue weighted by Crippen LogP contribution is 2.36. The van der Waals surface area contributed by atoms with E-state index in [1.165, 1.54) is 18.2 Å². The number of fused-ring (bicyclic) bond motifs is 5. The normalized spacial score (nSPS) is 15.1. The highest BCUT2D eigenvalue weighted by atomic mass is 19.1. The van der Waals surface area contributed by atoms with Gasteiger partial charge in [0.15, 0.2) is 5.75 Å². The Balaban J connectivity index is 1.98. The smallest absolute Gasteiger partial charge is 0.169 e. The number of benzene rings is 2. The average Bonchev–Trinajstić information content (AvgIpc) is 3.26. The molecule has 148 valence electrons. The van der Waals surface area contributed by atoms with Crippen LogP contribution >= 0.6 is 0 Å². The first kappa shape index (κ1) is 17.9. The summed E-state index contributed by atoms with van der Waals surface area (Å²) < 4.78 is 33.9. The van der Waals surface area contributed by atoms with E-state index in [4.69, 9.17) is 15.5 Å². The van der Waals surface area contributed by atoms with Gasteiger partial charge in [0.05, 0.1) is 24.0 Å². The molecule has 7 heteroatoms. The molecule has 0 fully saturated rings. The molecule has 0 bridgehead atoms. The van der Waals surface area contributed by atoms with E-state index in [0.717, 1.165) is 44.8 Å². The molecule has 2 aromatic carbocycles. The predicted octanol–water partition coefficient (Wildman–Crippen LogP) is 3.15. The number of ether oxygens (including phenoxy) is 1. The van der Waals surface area contributed by atoms with Gasteiger partial charge in [0.2, 0.25) is 0 Å². The molecule has 29 heavy (non-hydrogen) atoms. The van der Waals surface area contributed by atoms with Gasteiger partial charge in [-0.15, -0.1) is 0 Å². The molecule has 1 aliphatic heterocycles. The van der Waals surface area contributed by atoms with E-state index in [1.807, 2.05) is 0 Å². The number of nitrogens with two attached hydrogens (primary N) is 1. The van der Waals surface area contributed by atoms with Gasteiger partial charge in [0.25, 0.3) is 0 Å². The number of nitrogens with one attached hydrogen (secondary N) is 2. The number of nitrogens with zero attached hydrogens (tertiary/aromatic N) is 1. The Morgan fingerprint density at radius 2 is 2.17 bits per heavy atom. The van der Waals surface area contributed by atoms with Gasteiger partial charge in [-0.1, -0.05) is 6.08 Å². The van der Waals surface area contributed by atoms with E-state index < -0.39 is 0 Å². The molecule has 5 rings (SSSR count). The molecule has 1 aromatic heterocycles. The van der Waals surface area contributed by atoms with Crippen LogP contribution in [0.5, 0.6) is 5.75 Å². The van der Waals surface area contributed by atoms with Gasteiger partial charge in [0.1, 0.15) is 17.0 Å². The highest BCUT2D eigenvalue weighted by molar-refractivity contribution is 6.16. The van der Waals surface area contributed by atoms with Gasteiger partial charge in [-0.3, -0.25) is 0 Å². The van der Waals surface area contributed by atoms with Crippen molar-refractivity contribution in [3.63, 3.8) is 0 Å². The SMILES string of the molecule is COc1c2c(c(NCCCN)c3c1[nH]c1ccc(F)cc13)=C1C=C(F)CC=C1N=2. The maximum Gasteiger partial charge on any atom is 0.169 e. The molecular weight excluding hydrogens is 374 g/mol. The Bertz CT molecular complexity index is 1350. The second-order valence-electron chi connectivity index (χ2n) is 7.18. The number of aromatic nitrogens is 1. The number of methoxy groups -OCH3 is 1. The fourth-order valence-corrected chi connectivity index (χ4v) is 4.15. The van der Waals surface area contributed by atoms with E-state index >= 15 is 0 Å². The quantitative estimate of drug-likeness (QED) is 0.582. The summed E-state index contributed by atoms with van der Waals surface area (Å²) in [6.07, 6.45) is 4.29. The van der Waals surface area contributed by atoms with Gasteiger partial charge >= 0.3 is 0 Å². The van der Waals surface area contributed by atoms with Crippen LogP contribution in [-0.2, 0) is 0 Å². The second kappa shape index (κ2) is 6.70. The Morgan fingerprint density at radius 3 is 2.97 bits per heavy atom. The molecule has 0 atom stereocenters. The Kier molecular flexibility index (Phi) is 4.13. The van der Waals surface area contributed by atoms with Crippen LogP contribution in [0.3, 0.4) is 0 Å². The Hall–Kier alpha value is -3.19. The number of hydrogen-bond donors (Lipinski definition) is 3. The molecule has 2 aliphatic rings. The lowest BCUT2D eigenvalue weighted by atomic mass is 10.0. The third-order valence-corrected chi connectivity index (χ3v) is 5.40. The van der Waals surface area contributed by atoms with Crippen LogP contribution in [0.15, 0.2) is 46.9 Å². The number of hydrogen-bond acceptors (Lipinski definition) is 4. The van der Waals surface area contributed by atoms with Crippen molar-refractivity contribution in [2.45, 2.75) is 12.8 Å². The summed E-state index contributed by atoms with van der Waals surface area (Å²) in [6.45, 7) is 1.17. The van der Waals surface area contributed by atoms with Crippen molar-refractivity contribution >= 4 is 33.1 Å². The third kappa shape index (κ3) is 2.65. The van der Waals surface area contributed by atoms with Gasteiger partial charge in [0, 0.05) is 40.0 Å². The molecule has 0 spiro atoms. The summed E-state index contributed by atoms with van der Waals surface area (Å²) >= 11 is 0. The largest absolute Gasteiger partial charge is 0.492 e. The number of rotatable bonds is 5. The first-order chi connectivity index (χ1) is 14.1. The lowest BCUT2D eigenvalue weighted by Gasteiger charge is -2.12. The van der Waals surface area contributed by atoms with E-state index in [1.54, 1.807) is 19.3 Å². The molecule has 1 aliphatic carbocycles. The van der Waals surface area contributed by atoms with Crippen molar-refractivity contribution in [3.05, 3.63) is 58.3 Å². The molecule has 3 aromatic rings. The first-order valence-corrected chi connectivity index (χ1v) is 9.57. The van der Waals surface area contributed by atoms with Crippen LogP contribution in [-0.4, -0.2) is 25.2 Å². The topological polar surface area (TPSA) is 75.4 Å². The van der Waals surface area contributed by atoms with Gasteiger partial charge < -0.3 is 20.8 Å². The van der Waals surface area contributed by atoms with Crippen molar-refractivity contribution in [1.82, 2.24) is 4.98 Å². The van der Waals surface area contributed by atoms with Crippen molar-refractivity contribution in [1.29, 1.82) is 0 Å². The number of H-pyrrole nitrogens is 1. The number of anilines is 1. The van der Waals surface area contributed by atoms with Crippen LogP contribution in [0.4, 0.5) is 14.5 Å². The summed E-state index contributed by atoms with van der Waals surface area (Å²) in [5, 5.41) is 6.40. The maximum absolute atomic E-state index is 14.1. The number of allylic oxidation sites excluding steroid dienone is 3. The molecule has 2 heterocycles. The Morgan fingerprint density at radius 1 is 1.31 bits per heavy atom. The molecule has 0 unspecified atom stereocenters. The molecule has 0 amide bonds. The molecule has 0 radical (unpaired) electrons. The minimum absolute atomic E-state index is 0.219. The summed E-state index contributed by atoms with van der Waals surface area (Å²) in [4.78, 5) is 8.08. The molecular formula is C22H20F2N4O. The fraction of sp³-hybridized carbons (Fsp3) is 0.227. The van der Waals surface area contributed by atoms with Gasteiger partial charge in [-0.05, 0) is 37.2 Å². The summed E-state index contributed by atoms with van der Waals surface area (Å²) in [5.74, 6) is 0.0173. The van der Waals surface area contributed by atoms with Gasteiger partial charge in [-0.2, -0.15) is 0 Å². The van der Waals surface area contributed by atoms with Crippen molar-refractivity contribution in [3.8, 4) is 5.75 Å². The summed E-state index contributed by atoms with van der Waals surface area (Å²) in [6, 6.07) is 4.62. The van der Waals surface area contributed by atoms with Crippen molar-refractivity contribution in [2.24, 2.45) is 10.7 Å². The van der Waals surface area contributed by atoms with E-state index in [0.29, 0.717) is 29.8 Å². The van der Waals surface area contributed by atoms with Crippen LogP contribution < -0.4 is 26.4 Å². The molecule has 0 saturated heterocycles. The zero-order valence-corrected chi connectivity index (χ0v) is 15.9. The van der Waals surface area contributed by atoms with Crippen LogP contribution in [0, 0.1) is 5.82 Å². The maximum atomic E-state index is 14.1. The van der Waals surface area contributed by atoms with E-state index in [9.17, 15) is 8.78 Å². The third-order valence-electron chi connectivity index (χ3n) is 5.40. The van der Waals surface area contributed by atoms with E-state index in [-0.39, 0.29) is 18.1 Å². The first-order valence-electron chi connectivity index (χ1n) is 9.57. The minimum atomic E-state index is -0.327. The zero-order chi connectivity index (χ0) is 20.1. The zero-order valence-electron chi connectivity index (χ0n) is 15.9. The fourth-order valence-electron chi connectivity index (χ4n) is 4.15. The highest BCUT2D eigenvalue weighted by Gasteiger charge is 2.25.